The lowest BCUT2D eigenvalue weighted by atomic mass is 9.71. The summed E-state index contributed by atoms with van der Waals surface area (Å²) >= 11 is 0. The fourth-order valence-corrected chi connectivity index (χ4v) is 6.07. The molecule has 0 atom stereocenters. The molecule has 0 saturated heterocycles. The number of rotatable bonds is 9. The molecule has 0 aromatic heterocycles. The van der Waals surface area contributed by atoms with Crippen molar-refractivity contribution in [1.82, 2.24) is 5.32 Å². The van der Waals surface area contributed by atoms with Gasteiger partial charge in [-0.25, -0.2) is 0 Å². The number of para-hydroxylation sites is 1. The molecule has 6 nitrogen and oxygen atoms in total. The highest BCUT2D eigenvalue weighted by molar-refractivity contribution is 6.06. The molecule has 6 rings (SSSR count). The smallest absolute Gasteiger partial charge is 0.161 e. The van der Waals surface area contributed by atoms with E-state index in [-0.39, 0.29) is 11.6 Å². The summed E-state index contributed by atoms with van der Waals surface area (Å²) in [5, 5.41) is 3.49. The average Bonchev–Trinajstić information content (AvgIpc) is 3.00. The van der Waals surface area contributed by atoms with E-state index in [1.807, 2.05) is 79.7 Å². The Balaban J connectivity index is 1.27. The minimum Gasteiger partial charge on any atom is -0.490 e. The summed E-state index contributed by atoms with van der Waals surface area (Å²) in [6.07, 6.45) is 4.33. The van der Waals surface area contributed by atoms with E-state index in [1.54, 1.807) is 0 Å². The summed E-state index contributed by atoms with van der Waals surface area (Å²) in [5.41, 5.74) is 6.31. The lowest BCUT2D eigenvalue weighted by molar-refractivity contribution is -0.117. The number of carbonyl (C=O) groups is 2. The first kappa shape index (κ1) is 26.9. The van der Waals surface area contributed by atoms with Crippen LogP contribution < -0.4 is 19.5 Å². The summed E-state index contributed by atoms with van der Waals surface area (Å²) < 4.78 is 18.4. The van der Waals surface area contributed by atoms with E-state index in [0.29, 0.717) is 49.9 Å². The Kier molecular flexibility index (Phi) is 7.90. The molecule has 6 heteroatoms. The van der Waals surface area contributed by atoms with Gasteiger partial charge in [-0.1, -0.05) is 54.6 Å². The zero-order valence-electron chi connectivity index (χ0n) is 23.4. The Morgan fingerprint density at radius 3 is 2.00 bits per heavy atom. The maximum absolute atomic E-state index is 13.3. The maximum Gasteiger partial charge on any atom is 0.161 e. The molecule has 41 heavy (non-hydrogen) atoms. The van der Waals surface area contributed by atoms with Gasteiger partial charge in [-0.3, -0.25) is 9.59 Å². The van der Waals surface area contributed by atoms with Gasteiger partial charge in [0.15, 0.2) is 23.1 Å². The molecule has 2 aliphatic carbocycles. The number of ketones is 2. The minimum absolute atomic E-state index is 0.121. The Morgan fingerprint density at radius 2 is 1.29 bits per heavy atom. The molecule has 1 N–H and O–H groups in total. The maximum atomic E-state index is 13.3. The van der Waals surface area contributed by atoms with E-state index in [2.05, 4.69) is 5.32 Å². The van der Waals surface area contributed by atoms with E-state index in [0.717, 1.165) is 64.9 Å². The third-order valence-corrected chi connectivity index (χ3v) is 7.96. The molecule has 0 spiro atoms. The molecule has 0 amide bonds. The van der Waals surface area contributed by atoms with Crippen molar-refractivity contribution in [1.29, 1.82) is 0 Å². The van der Waals surface area contributed by atoms with Crippen molar-refractivity contribution in [3.8, 4) is 17.2 Å². The largest absolute Gasteiger partial charge is 0.490 e. The number of hydrogen-bond donors (Lipinski definition) is 1. The number of allylic oxidation sites excluding steroid dienone is 4. The Morgan fingerprint density at radius 1 is 0.659 bits per heavy atom. The lowest BCUT2D eigenvalue weighted by Crippen LogP contribution is -2.36. The van der Waals surface area contributed by atoms with Crippen molar-refractivity contribution in [2.24, 2.45) is 0 Å². The average molecular weight is 550 g/mol. The molecule has 210 valence electrons. The van der Waals surface area contributed by atoms with Crippen molar-refractivity contribution in [3.05, 3.63) is 112 Å². The fourth-order valence-electron chi connectivity index (χ4n) is 6.07. The van der Waals surface area contributed by atoms with Crippen LogP contribution >= 0.6 is 0 Å². The van der Waals surface area contributed by atoms with Crippen molar-refractivity contribution in [3.63, 3.8) is 0 Å². The second-order valence-corrected chi connectivity index (χ2v) is 10.7. The van der Waals surface area contributed by atoms with Crippen LogP contribution in [0.15, 0.2) is 95.3 Å². The van der Waals surface area contributed by atoms with Gasteiger partial charge in [0.2, 0.25) is 0 Å². The number of nitrogens with one attached hydrogen (secondary N) is 1. The quantitative estimate of drug-likeness (QED) is 0.312. The van der Waals surface area contributed by atoms with Gasteiger partial charge < -0.3 is 19.5 Å². The molecule has 0 radical (unpaired) electrons. The van der Waals surface area contributed by atoms with Crippen LogP contribution in [0.4, 0.5) is 0 Å². The first-order valence-corrected chi connectivity index (χ1v) is 14.6. The van der Waals surface area contributed by atoms with Gasteiger partial charge in [0, 0.05) is 46.9 Å². The molecular weight excluding hydrogens is 514 g/mol. The van der Waals surface area contributed by atoms with Crippen molar-refractivity contribution < 1.29 is 23.8 Å². The third kappa shape index (κ3) is 5.64. The first-order valence-electron chi connectivity index (χ1n) is 14.6. The van der Waals surface area contributed by atoms with Gasteiger partial charge in [-0.2, -0.15) is 0 Å². The van der Waals surface area contributed by atoms with Crippen LogP contribution in [0.5, 0.6) is 17.2 Å². The van der Waals surface area contributed by atoms with E-state index in [9.17, 15) is 9.59 Å². The highest BCUT2D eigenvalue weighted by Gasteiger charge is 2.41. The Hall–Kier alpha value is -4.32. The standard InChI is InChI=1S/C35H35NO5/c1-2-39-32-20-24(18-19-31(32)41-21-23-10-4-3-5-11-23)22-40-30-17-7-6-12-25(30)33-34-26(13-8-15-28(34)37)36-27-14-9-16-29(38)35(27)33/h3-7,10-12,17-20,33,36H,2,8-9,13-16,21-22H2,1H3. The minimum atomic E-state index is -0.397. The molecule has 3 aromatic rings. The van der Waals surface area contributed by atoms with E-state index in [1.165, 1.54) is 0 Å². The molecule has 0 unspecified atom stereocenters. The van der Waals surface area contributed by atoms with Crippen LogP contribution in [0, 0.1) is 0 Å². The van der Waals surface area contributed by atoms with Gasteiger partial charge in [-0.05, 0) is 61.9 Å². The molecular formula is C35H35NO5. The highest BCUT2D eigenvalue weighted by atomic mass is 16.5. The predicted molar refractivity (Wildman–Crippen MR) is 157 cm³/mol. The van der Waals surface area contributed by atoms with E-state index < -0.39 is 5.92 Å². The molecule has 3 aliphatic rings. The Labute approximate surface area is 241 Å². The summed E-state index contributed by atoms with van der Waals surface area (Å²) in [5.74, 6) is 1.87. The SMILES string of the molecule is CCOc1cc(COc2ccccc2C2C3=C(CCCC3=O)NC3=C2C(=O)CCC3)ccc1OCc1ccccc1. The van der Waals surface area contributed by atoms with Crippen LogP contribution in [0.1, 0.15) is 68.1 Å². The van der Waals surface area contributed by atoms with Gasteiger partial charge in [-0.15, -0.1) is 0 Å². The van der Waals surface area contributed by atoms with Crippen LogP contribution in [0.2, 0.25) is 0 Å². The van der Waals surface area contributed by atoms with Gasteiger partial charge in [0.25, 0.3) is 0 Å². The topological polar surface area (TPSA) is 73.9 Å². The predicted octanol–water partition coefficient (Wildman–Crippen LogP) is 6.94. The fraction of sp³-hybridized carbons (Fsp3) is 0.314. The van der Waals surface area contributed by atoms with E-state index >= 15 is 0 Å². The number of carbonyl (C=O) groups excluding carboxylic acids is 2. The second kappa shape index (κ2) is 12.0. The summed E-state index contributed by atoms with van der Waals surface area (Å²) in [6.45, 7) is 3.22. The number of Topliss-reactive ketones (excluding diaryl/α,β-unsaturated/α-hetero) is 2. The molecule has 0 bridgehead atoms. The van der Waals surface area contributed by atoms with Gasteiger partial charge in [0.1, 0.15) is 19.0 Å². The van der Waals surface area contributed by atoms with Gasteiger partial charge in [0.05, 0.1) is 6.61 Å². The van der Waals surface area contributed by atoms with Crippen molar-refractivity contribution in [2.45, 2.75) is 64.6 Å². The van der Waals surface area contributed by atoms with Crippen LogP contribution in [-0.2, 0) is 22.8 Å². The summed E-state index contributed by atoms with van der Waals surface area (Å²) in [4.78, 5) is 26.5. The Bertz CT molecular complexity index is 1480. The zero-order chi connectivity index (χ0) is 28.2. The molecule has 1 heterocycles. The first-order chi connectivity index (χ1) is 20.1. The zero-order valence-corrected chi connectivity index (χ0v) is 23.4. The summed E-state index contributed by atoms with van der Waals surface area (Å²) in [7, 11) is 0. The third-order valence-electron chi connectivity index (χ3n) is 7.96. The van der Waals surface area contributed by atoms with Crippen LogP contribution in [0.3, 0.4) is 0 Å². The van der Waals surface area contributed by atoms with E-state index in [4.69, 9.17) is 14.2 Å². The highest BCUT2D eigenvalue weighted by Crippen LogP contribution is 2.47. The number of hydrogen-bond acceptors (Lipinski definition) is 6. The molecule has 3 aromatic carbocycles. The monoisotopic (exact) mass is 549 g/mol. The second-order valence-electron chi connectivity index (χ2n) is 10.7. The summed E-state index contributed by atoms with van der Waals surface area (Å²) in [6, 6.07) is 23.7. The molecule has 0 saturated carbocycles. The van der Waals surface area contributed by atoms with Crippen LogP contribution in [-0.4, -0.2) is 18.2 Å². The molecule has 1 aliphatic heterocycles. The normalized spacial score (nSPS) is 17.1. The number of dihydropyridines is 1. The number of ether oxygens (including phenoxy) is 3. The van der Waals surface area contributed by atoms with Crippen molar-refractivity contribution >= 4 is 11.6 Å². The number of benzene rings is 3. The van der Waals surface area contributed by atoms with Crippen molar-refractivity contribution in [2.75, 3.05) is 6.61 Å². The van der Waals surface area contributed by atoms with Crippen LogP contribution in [0.25, 0.3) is 0 Å². The van der Waals surface area contributed by atoms with Gasteiger partial charge >= 0.3 is 0 Å². The molecule has 0 fully saturated rings. The lowest BCUT2D eigenvalue weighted by Gasteiger charge is -2.37.